The molecule has 0 saturated heterocycles. The second-order valence-corrected chi connectivity index (χ2v) is 7.16. The number of rotatable bonds is 6. The Morgan fingerprint density at radius 1 is 1.07 bits per heavy atom. The van der Waals surface area contributed by atoms with Crippen LogP contribution in [-0.4, -0.2) is 28.8 Å². The van der Waals surface area contributed by atoms with Gasteiger partial charge in [-0.3, -0.25) is 14.2 Å². The minimum absolute atomic E-state index is 0.00327. The SMILES string of the molecule is O=C(NCCc1ccc(Cl)cc1)c1c[nH]c(=O)n(Cc2ccc3c(c2)OCO3)c1=O. The zero-order valence-electron chi connectivity index (χ0n) is 15.8. The highest BCUT2D eigenvalue weighted by atomic mass is 35.5. The van der Waals surface area contributed by atoms with Gasteiger partial charge in [0.05, 0.1) is 6.54 Å². The van der Waals surface area contributed by atoms with Crippen molar-refractivity contribution in [1.82, 2.24) is 14.9 Å². The van der Waals surface area contributed by atoms with Gasteiger partial charge in [0, 0.05) is 17.8 Å². The third kappa shape index (κ3) is 4.23. The van der Waals surface area contributed by atoms with Crippen LogP contribution in [0.25, 0.3) is 0 Å². The van der Waals surface area contributed by atoms with Crippen LogP contribution in [0.15, 0.2) is 58.3 Å². The fourth-order valence-electron chi connectivity index (χ4n) is 3.11. The molecular formula is C21H18ClN3O5. The molecule has 8 nitrogen and oxygen atoms in total. The summed E-state index contributed by atoms with van der Waals surface area (Å²) in [5, 5.41) is 3.34. The van der Waals surface area contributed by atoms with Gasteiger partial charge in [-0.05, 0) is 41.8 Å². The first-order valence-electron chi connectivity index (χ1n) is 9.25. The fraction of sp³-hybridized carbons (Fsp3) is 0.190. The fourth-order valence-corrected chi connectivity index (χ4v) is 3.23. The van der Waals surface area contributed by atoms with Crippen LogP contribution in [0.5, 0.6) is 11.5 Å². The summed E-state index contributed by atoms with van der Waals surface area (Å²) < 4.78 is 11.6. The topological polar surface area (TPSA) is 102 Å². The Labute approximate surface area is 176 Å². The second-order valence-electron chi connectivity index (χ2n) is 6.72. The molecule has 30 heavy (non-hydrogen) atoms. The molecule has 0 bridgehead atoms. The van der Waals surface area contributed by atoms with Gasteiger partial charge in [0.25, 0.3) is 11.5 Å². The van der Waals surface area contributed by atoms with Gasteiger partial charge >= 0.3 is 5.69 Å². The Bertz CT molecular complexity index is 1200. The molecular weight excluding hydrogens is 410 g/mol. The summed E-state index contributed by atoms with van der Waals surface area (Å²) in [5.74, 6) is 0.603. The largest absolute Gasteiger partial charge is 0.454 e. The molecule has 0 fully saturated rings. The summed E-state index contributed by atoms with van der Waals surface area (Å²) in [6.07, 6.45) is 1.72. The normalized spacial score (nSPS) is 12.0. The Morgan fingerprint density at radius 2 is 1.80 bits per heavy atom. The number of hydrogen-bond acceptors (Lipinski definition) is 5. The smallest absolute Gasteiger partial charge is 0.328 e. The Hall–Kier alpha value is -3.52. The Morgan fingerprint density at radius 3 is 2.60 bits per heavy atom. The van der Waals surface area contributed by atoms with Gasteiger partial charge in [-0.1, -0.05) is 29.8 Å². The number of nitrogens with one attached hydrogen (secondary N) is 2. The maximum Gasteiger partial charge on any atom is 0.328 e. The van der Waals surface area contributed by atoms with E-state index in [4.69, 9.17) is 21.1 Å². The lowest BCUT2D eigenvalue weighted by atomic mass is 10.1. The molecule has 2 N–H and O–H groups in total. The molecule has 1 aromatic heterocycles. The van der Waals surface area contributed by atoms with Gasteiger partial charge in [-0.15, -0.1) is 0 Å². The Kier molecular flexibility index (Phi) is 5.58. The summed E-state index contributed by atoms with van der Waals surface area (Å²) in [6, 6.07) is 12.4. The molecule has 0 atom stereocenters. The maximum absolute atomic E-state index is 12.8. The molecule has 4 rings (SSSR count). The van der Waals surface area contributed by atoms with Gasteiger partial charge < -0.3 is 19.8 Å². The third-order valence-electron chi connectivity index (χ3n) is 4.70. The van der Waals surface area contributed by atoms with Crippen LogP contribution < -0.4 is 26.0 Å². The summed E-state index contributed by atoms with van der Waals surface area (Å²) in [7, 11) is 0. The number of fused-ring (bicyclic) bond motifs is 1. The first-order chi connectivity index (χ1) is 14.5. The van der Waals surface area contributed by atoms with Gasteiger partial charge in [-0.2, -0.15) is 0 Å². The van der Waals surface area contributed by atoms with E-state index in [0.717, 1.165) is 16.3 Å². The van der Waals surface area contributed by atoms with Gasteiger partial charge in [0.1, 0.15) is 5.56 Å². The number of ether oxygens (including phenoxy) is 2. The second kappa shape index (κ2) is 8.46. The van der Waals surface area contributed by atoms with Crippen molar-refractivity contribution in [3.63, 3.8) is 0 Å². The van der Waals surface area contributed by atoms with Gasteiger partial charge in [-0.25, -0.2) is 4.79 Å². The zero-order chi connectivity index (χ0) is 21.1. The predicted octanol–water partition coefficient (Wildman–Crippen LogP) is 1.94. The van der Waals surface area contributed by atoms with E-state index in [1.54, 1.807) is 30.3 Å². The lowest BCUT2D eigenvalue weighted by Gasteiger charge is -2.09. The molecule has 9 heteroatoms. The number of halogens is 1. The van der Waals surface area contributed by atoms with Crippen molar-refractivity contribution >= 4 is 17.5 Å². The number of amides is 1. The van der Waals surface area contributed by atoms with Crippen LogP contribution in [0.1, 0.15) is 21.5 Å². The molecule has 0 aliphatic carbocycles. The van der Waals surface area contributed by atoms with E-state index in [1.165, 1.54) is 0 Å². The number of carbonyl (C=O) groups is 1. The van der Waals surface area contributed by atoms with Gasteiger partial charge in [0.2, 0.25) is 6.79 Å². The molecule has 1 aliphatic rings. The molecule has 154 valence electrons. The van der Waals surface area contributed by atoms with Crippen molar-refractivity contribution in [3.8, 4) is 11.5 Å². The molecule has 0 radical (unpaired) electrons. The van der Waals surface area contributed by atoms with Crippen LogP contribution in [0, 0.1) is 0 Å². The highest BCUT2D eigenvalue weighted by Crippen LogP contribution is 2.32. The molecule has 0 spiro atoms. The lowest BCUT2D eigenvalue weighted by molar-refractivity contribution is 0.0951. The van der Waals surface area contributed by atoms with Crippen molar-refractivity contribution in [2.75, 3.05) is 13.3 Å². The van der Waals surface area contributed by atoms with E-state index in [1.807, 2.05) is 12.1 Å². The molecule has 0 saturated carbocycles. The third-order valence-corrected chi connectivity index (χ3v) is 4.95. The quantitative estimate of drug-likeness (QED) is 0.626. The van der Waals surface area contributed by atoms with E-state index < -0.39 is 17.2 Å². The highest BCUT2D eigenvalue weighted by Gasteiger charge is 2.17. The molecule has 3 aromatic rings. The van der Waals surface area contributed by atoms with E-state index in [9.17, 15) is 14.4 Å². The van der Waals surface area contributed by atoms with Crippen LogP contribution in [0.4, 0.5) is 0 Å². The monoisotopic (exact) mass is 427 g/mol. The van der Waals surface area contributed by atoms with E-state index in [0.29, 0.717) is 35.1 Å². The van der Waals surface area contributed by atoms with E-state index >= 15 is 0 Å². The molecule has 2 aromatic carbocycles. The molecule has 2 heterocycles. The van der Waals surface area contributed by atoms with Crippen LogP contribution >= 0.6 is 11.6 Å². The van der Waals surface area contributed by atoms with Crippen molar-refractivity contribution in [2.24, 2.45) is 0 Å². The first kappa shape index (κ1) is 19.8. The average molecular weight is 428 g/mol. The summed E-state index contributed by atoms with van der Waals surface area (Å²) >= 11 is 5.86. The summed E-state index contributed by atoms with van der Waals surface area (Å²) in [5.41, 5.74) is 0.274. The Balaban J connectivity index is 1.47. The van der Waals surface area contributed by atoms with Crippen molar-refractivity contribution in [2.45, 2.75) is 13.0 Å². The molecule has 0 unspecified atom stereocenters. The minimum Gasteiger partial charge on any atom is -0.454 e. The first-order valence-corrected chi connectivity index (χ1v) is 9.63. The van der Waals surface area contributed by atoms with Crippen molar-refractivity contribution in [1.29, 1.82) is 0 Å². The predicted molar refractivity (Wildman–Crippen MR) is 110 cm³/mol. The number of nitrogens with zero attached hydrogens (tertiary/aromatic N) is 1. The number of H-pyrrole nitrogens is 1. The zero-order valence-corrected chi connectivity index (χ0v) is 16.6. The molecule has 1 aliphatic heterocycles. The van der Waals surface area contributed by atoms with Crippen molar-refractivity contribution in [3.05, 3.63) is 91.2 Å². The minimum atomic E-state index is -0.666. The number of benzene rings is 2. The highest BCUT2D eigenvalue weighted by molar-refractivity contribution is 6.30. The maximum atomic E-state index is 12.8. The number of aromatic nitrogens is 2. The number of carbonyl (C=O) groups excluding carboxylic acids is 1. The van der Waals surface area contributed by atoms with Crippen molar-refractivity contribution < 1.29 is 14.3 Å². The standard InChI is InChI=1S/C21H18ClN3O5/c22-15-4-1-13(2-5-15)7-8-23-19(26)16-10-24-21(28)25(20(16)27)11-14-3-6-17-18(9-14)30-12-29-17/h1-6,9-10H,7-8,11-12H2,(H,23,26)(H,24,28). The van der Waals surface area contributed by atoms with Crippen LogP contribution in [0.3, 0.4) is 0 Å². The van der Waals surface area contributed by atoms with E-state index in [-0.39, 0.29) is 18.9 Å². The van der Waals surface area contributed by atoms with Crippen LogP contribution in [-0.2, 0) is 13.0 Å². The molecule has 1 amide bonds. The average Bonchev–Trinajstić information content (AvgIpc) is 3.20. The van der Waals surface area contributed by atoms with Crippen LogP contribution in [0.2, 0.25) is 5.02 Å². The van der Waals surface area contributed by atoms with E-state index in [2.05, 4.69) is 10.3 Å². The number of hydrogen-bond donors (Lipinski definition) is 2. The summed E-state index contributed by atoms with van der Waals surface area (Å²) in [6.45, 7) is 0.461. The lowest BCUT2D eigenvalue weighted by Crippen LogP contribution is -2.41. The summed E-state index contributed by atoms with van der Waals surface area (Å²) in [4.78, 5) is 39.9. The number of aromatic amines is 1. The van der Waals surface area contributed by atoms with Gasteiger partial charge in [0.15, 0.2) is 11.5 Å².